The quantitative estimate of drug-likeness (QED) is 0.558. The van der Waals surface area contributed by atoms with Gasteiger partial charge in [0.1, 0.15) is 11.7 Å². The summed E-state index contributed by atoms with van der Waals surface area (Å²) in [5.41, 5.74) is 0. The molecule has 0 spiro atoms. The highest BCUT2D eigenvalue weighted by molar-refractivity contribution is 7.99. The highest BCUT2D eigenvalue weighted by atomic mass is 32.2. The van der Waals surface area contributed by atoms with Crippen LogP contribution in [0.15, 0.2) is 30.3 Å². The monoisotopic (exact) mass is 184 g/mol. The molecule has 0 unspecified atom stereocenters. The summed E-state index contributed by atoms with van der Waals surface area (Å²) in [6, 6.07) is 9.66. The van der Waals surface area contributed by atoms with Gasteiger partial charge in [-0.25, -0.2) is 0 Å². The van der Waals surface area contributed by atoms with Crippen molar-refractivity contribution in [3.8, 4) is 5.75 Å². The zero-order valence-electron chi connectivity index (χ0n) is 6.77. The van der Waals surface area contributed by atoms with E-state index in [0.29, 0.717) is 5.94 Å². The lowest BCUT2D eigenvalue weighted by molar-refractivity contribution is 0.321. The van der Waals surface area contributed by atoms with Gasteiger partial charge in [-0.1, -0.05) is 18.2 Å². The van der Waals surface area contributed by atoms with Crippen LogP contribution in [0, 0.1) is 0 Å². The topological polar surface area (TPSA) is 29.5 Å². The lowest BCUT2D eigenvalue weighted by atomic mass is 10.3. The van der Waals surface area contributed by atoms with E-state index >= 15 is 0 Å². The predicted octanol–water partition coefficient (Wildman–Crippen LogP) is 1.75. The van der Waals surface area contributed by atoms with Crippen LogP contribution in [0.2, 0.25) is 0 Å². The molecule has 1 aromatic carbocycles. The molecule has 0 aliphatic carbocycles. The molecule has 1 aromatic rings. The Hall–Kier alpha value is -0.670. The maximum atomic E-state index is 8.49. The van der Waals surface area contributed by atoms with Crippen LogP contribution in [-0.4, -0.2) is 23.4 Å². The van der Waals surface area contributed by atoms with Crippen LogP contribution in [0.5, 0.6) is 5.75 Å². The van der Waals surface area contributed by atoms with E-state index in [4.69, 9.17) is 9.84 Å². The average molecular weight is 184 g/mol. The summed E-state index contributed by atoms with van der Waals surface area (Å²) < 4.78 is 5.36. The number of hydrogen-bond donors (Lipinski definition) is 1. The summed E-state index contributed by atoms with van der Waals surface area (Å²) >= 11 is 1.58. The number of ether oxygens (including phenoxy) is 1. The Kier molecular flexibility index (Phi) is 4.64. The van der Waals surface area contributed by atoms with Crippen molar-refractivity contribution in [1.82, 2.24) is 0 Å². The van der Waals surface area contributed by atoms with Crippen LogP contribution in [-0.2, 0) is 0 Å². The Morgan fingerprint density at radius 3 is 2.67 bits per heavy atom. The minimum atomic E-state index is 0.211. The molecule has 3 heteroatoms. The van der Waals surface area contributed by atoms with Gasteiger partial charge < -0.3 is 9.84 Å². The molecule has 66 valence electrons. The lowest BCUT2D eigenvalue weighted by Crippen LogP contribution is -1.95. The zero-order chi connectivity index (χ0) is 8.65. The number of thioether (sulfide) groups is 1. The van der Waals surface area contributed by atoms with Crippen LogP contribution >= 0.6 is 11.8 Å². The summed E-state index contributed by atoms with van der Waals surface area (Å²) in [7, 11) is 0. The second-order valence-corrected chi connectivity index (χ2v) is 3.26. The van der Waals surface area contributed by atoms with E-state index in [1.807, 2.05) is 30.3 Å². The van der Waals surface area contributed by atoms with Crippen molar-refractivity contribution in [3.63, 3.8) is 0 Å². The van der Waals surface area contributed by atoms with Crippen molar-refractivity contribution in [2.24, 2.45) is 0 Å². The Morgan fingerprint density at radius 1 is 1.25 bits per heavy atom. The fourth-order valence-electron chi connectivity index (χ4n) is 0.750. The van der Waals surface area contributed by atoms with Gasteiger partial charge in [0.05, 0.1) is 6.61 Å². The molecule has 0 fully saturated rings. The first-order valence-electron chi connectivity index (χ1n) is 3.80. The van der Waals surface area contributed by atoms with Gasteiger partial charge in [0, 0.05) is 5.75 Å². The lowest BCUT2D eigenvalue weighted by Gasteiger charge is -2.03. The molecule has 0 saturated heterocycles. The smallest absolute Gasteiger partial charge is 0.134 e. The van der Waals surface area contributed by atoms with Crippen molar-refractivity contribution in [2.45, 2.75) is 0 Å². The van der Waals surface area contributed by atoms with Crippen molar-refractivity contribution in [3.05, 3.63) is 30.3 Å². The van der Waals surface area contributed by atoms with Crippen molar-refractivity contribution >= 4 is 11.8 Å². The van der Waals surface area contributed by atoms with Crippen molar-refractivity contribution in [1.29, 1.82) is 0 Å². The standard InChI is InChI=1S/C9H12O2S/c10-6-7-12-8-11-9-4-2-1-3-5-9/h1-5,10H,6-8H2. The molecule has 0 aromatic heterocycles. The van der Waals surface area contributed by atoms with Gasteiger partial charge in [0.15, 0.2) is 0 Å². The van der Waals surface area contributed by atoms with Gasteiger partial charge in [0.25, 0.3) is 0 Å². The fraction of sp³-hybridized carbons (Fsp3) is 0.333. The van der Waals surface area contributed by atoms with Gasteiger partial charge in [-0.15, -0.1) is 11.8 Å². The number of para-hydroxylation sites is 1. The zero-order valence-corrected chi connectivity index (χ0v) is 7.59. The van der Waals surface area contributed by atoms with E-state index in [-0.39, 0.29) is 6.61 Å². The van der Waals surface area contributed by atoms with Gasteiger partial charge >= 0.3 is 0 Å². The molecule has 0 aliphatic heterocycles. The summed E-state index contributed by atoms with van der Waals surface area (Å²) in [4.78, 5) is 0. The number of aliphatic hydroxyl groups excluding tert-OH is 1. The number of rotatable bonds is 5. The van der Waals surface area contributed by atoms with Gasteiger partial charge in [-0.2, -0.15) is 0 Å². The summed E-state index contributed by atoms with van der Waals surface area (Å²) in [5, 5.41) is 8.49. The second kappa shape index (κ2) is 5.91. The fourth-order valence-corrected chi connectivity index (χ4v) is 1.22. The second-order valence-electron chi connectivity index (χ2n) is 2.21. The molecule has 1 rings (SSSR count). The Bertz CT molecular complexity index is 201. The molecule has 0 atom stereocenters. The molecular weight excluding hydrogens is 172 g/mol. The molecule has 2 nitrogen and oxygen atoms in total. The maximum absolute atomic E-state index is 8.49. The first-order chi connectivity index (χ1) is 5.93. The van der Waals surface area contributed by atoms with E-state index in [1.165, 1.54) is 0 Å². The van der Waals surface area contributed by atoms with Crippen molar-refractivity contribution < 1.29 is 9.84 Å². The molecule has 0 saturated carbocycles. The molecule has 0 heterocycles. The van der Waals surface area contributed by atoms with Crippen LogP contribution < -0.4 is 4.74 Å². The van der Waals surface area contributed by atoms with Crippen LogP contribution in [0.4, 0.5) is 0 Å². The molecule has 0 amide bonds. The van der Waals surface area contributed by atoms with E-state index < -0.39 is 0 Å². The number of hydrogen-bond acceptors (Lipinski definition) is 3. The Labute approximate surface area is 76.6 Å². The highest BCUT2D eigenvalue weighted by Crippen LogP contribution is 2.10. The summed E-state index contributed by atoms with van der Waals surface area (Å²) in [6.45, 7) is 0.211. The van der Waals surface area contributed by atoms with Gasteiger partial charge in [0.2, 0.25) is 0 Å². The highest BCUT2D eigenvalue weighted by Gasteiger charge is 1.90. The Morgan fingerprint density at radius 2 is 2.00 bits per heavy atom. The normalized spacial score (nSPS) is 9.75. The van der Waals surface area contributed by atoms with E-state index in [1.54, 1.807) is 11.8 Å². The molecule has 0 radical (unpaired) electrons. The third-order valence-electron chi connectivity index (χ3n) is 1.29. The summed E-state index contributed by atoms with van der Waals surface area (Å²) in [6.07, 6.45) is 0. The maximum Gasteiger partial charge on any atom is 0.134 e. The number of aliphatic hydroxyl groups is 1. The van der Waals surface area contributed by atoms with Gasteiger partial charge in [-0.05, 0) is 12.1 Å². The minimum absolute atomic E-state index is 0.211. The predicted molar refractivity (Wildman–Crippen MR) is 51.5 cm³/mol. The summed E-state index contributed by atoms with van der Waals surface area (Å²) in [5.74, 6) is 2.21. The third kappa shape index (κ3) is 3.64. The molecular formula is C9H12O2S. The van der Waals surface area contributed by atoms with E-state index in [2.05, 4.69) is 0 Å². The van der Waals surface area contributed by atoms with Crippen molar-refractivity contribution in [2.75, 3.05) is 18.3 Å². The first kappa shape index (κ1) is 9.42. The molecule has 0 bridgehead atoms. The van der Waals surface area contributed by atoms with E-state index in [0.717, 1.165) is 11.5 Å². The minimum Gasteiger partial charge on any atom is -0.483 e. The molecule has 0 aliphatic rings. The number of benzene rings is 1. The third-order valence-corrected chi connectivity index (χ3v) is 2.04. The Balaban J connectivity index is 2.16. The van der Waals surface area contributed by atoms with Gasteiger partial charge in [-0.3, -0.25) is 0 Å². The SMILES string of the molecule is OCCSCOc1ccccc1. The first-order valence-corrected chi connectivity index (χ1v) is 4.95. The van der Waals surface area contributed by atoms with E-state index in [9.17, 15) is 0 Å². The largest absolute Gasteiger partial charge is 0.483 e. The van der Waals surface area contributed by atoms with Crippen LogP contribution in [0.25, 0.3) is 0 Å². The van der Waals surface area contributed by atoms with Crippen LogP contribution in [0.1, 0.15) is 0 Å². The average Bonchev–Trinajstić information content (AvgIpc) is 2.14. The van der Waals surface area contributed by atoms with Crippen LogP contribution in [0.3, 0.4) is 0 Å². The molecule has 12 heavy (non-hydrogen) atoms. The molecule has 1 N–H and O–H groups in total.